The van der Waals surface area contributed by atoms with Crippen molar-refractivity contribution in [2.45, 2.75) is 38.7 Å². The van der Waals surface area contributed by atoms with Crippen LogP contribution < -0.4 is 4.90 Å². The van der Waals surface area contributed by atoms with Crippen LogP contribution in [0.2, 0.25) is 5.02 Å². The van der Waals surface area contributed by atoms with E-state index in [1.807, 2.05) is 0 Å². The van der Waals surface area contributed by atoms with E-state index in [1.165, 1.54) is 4.90 Å². The van der Waals surface area contributed by atoms with Crippen LogP contribution in [-0.2, 0) is 18.8 Å². The largest absolute Gasteiger partial charge is 0.433 e. The second-order valence-electron chi connectivity index (χ2n) is 7.77. The van der Waals surface area contributed by atoms with Crippen LogP contribution in [0.5, 0.6) is 0 Å². The first-order valence-corrected chi connectivity index (χ1v) is 9.97. The molecule has 4 nitrogen and oxygen atoms in total. The fourth-order valence-electron chi connectivity index (χ4n) is 3.86. The van der Waals surface area contributed by atoms with Gasteiger partial charge < -0.3 is 9.88 Å². The predicted molar refractivity (Wildman–Crippen MR) is 109 cm³/mol. The van der Waals surface area contributed by atoms with Crippen LogP contribution in [0.4, 0.5) is 32.3 Å². The lowest BCUT2D eigenvalue weighted by molar-refractivity contribution is -0.147. The van der Waals surface area contributed by atoms with Gasteiger partial charge in [-0.25, -0.2) is 9.97 Å². The quantitative estimate of drug-likeness (QED) is 0.331. The lowest BCUT2D eigenvalue weighted by atomic mass is 9.96. The van der Waals surface area contributed by atoms with E-state index in [-0.39, 0.29) is 12.6 Å². The van der Waals surface area contributed by atoms with Gasteiger partial charge in [-0.3, -0.25) is 0 Å². The summed E-state index contributed by atoms with van der Waals surface area (Å²) in [5, 5.41) is 1.39. The first-order chi connectivity index (χ1) is 14.8. The molecule has 1 aliphatic heterocycles. The molecule has 32 heavy (non-hydrogen) atoms. The lowest BCUT2D eigenvalue weighted by Crippen LogP contribution is -2.37. The molecule has 0 saturated carbocycles. The average Bonchev–Trinajstić information content (AvgIpc) is 3.04. The van der Waals surface area contributed by atoms with Crippen molar-refractivity contribution in [3.8, 4) is 0 Å². The van der Waals surface area contributed by atoms with Crippen molar-refractivity contribution in [1.82, 2.24) is 15.0 Å². The van der Waals surface area contributed by atoms with E-state index in [2.05, 4.69) is 15.0 Å². The summed E-state index contributed by atoms with van der Waals surface area (Å²) in [4.78, 5) is 11.5. The normalized spacial score (nSPS) is 16.9. The molecule has 11 heteroatoms. The molecule has 0 radical (unpaired) electrons. The van der Waals surface area contributed by atoms with Crippen molar-refractivity contribution < 1.29 is 26.3 Å². The summed E-state index contributed by atoms with van der Waals surface area (Å²) >= 11 is 6.11. The number of allylic oxidation sites excluding steroid dienone is 1. The smallest absolute Gasteiger partial charge is 0.356 e. The zero-order chi connectivity index (χ0) is 23.4. The standard InChI is InChI=1S/C21H17ClF6N4/c1-10(2)7-15-18-12(13-8-11(22)3-4-14(13)29-18)5-6-32(15)19-30-16(20(23,24)25)9-17(31-19)21(26,27)28/h3-4,7-9,15,29H,5-6H2,1-2H3/t15-/m0/s1. The SMILES string of the molecule is CC(C)=C[C@H]1c2[nH]c3ccc(Cl)cc3c2CCN1c1nc(C(F)(F)F)cc(C(F)(F)F)n1. The van der Waals surface area contributed by atoms with E-state index in [4.69, 9.17) is 11.6 Å². The monoisotopic (exact) mass is 474 g/mol. The third kappa shape index (κ3) is 4.15. The highest BCUT2D eigenvalue weighted by molar-refractivity contribution is 6.31. The number of alkyl halides is 6. The number of hydrogen-bond donors (Lipinski definition) is 1. The molecule has 3 heterocycles. The zero-order valence-corrected chi connectivity index (χ0v) is 17.6. The summed E-state index contributed by atoms with van der Waals surface area (Å²) in [7, 11) is 0. The van der Waals surface area contributed by atoms with Crippen LogP contribution >= 0.6 is 11.6 Å². The molecule has 0 unspecified atom stereocenters. The predicted octanol–water partition coefficient (Wildman–Crippen LogP) is 6.72. The highest BCUT2D eigenvalue weighted by Gasteiger charge is 2.41. The minimum absolute atomic E-state index is 0.0697. The summed E-state index contributed by atoms with van der Waals surface area (Å²) < 4.78 is 79.9. The fourth-order valence-corrected chi connectivity index (χ4v) is 4.03. The molecule has 3 aromatic rings. The maximum absolute atomic E-state index is 13.3. The van der Waals surface area contributed by atoms with Crippen LogP contribution in [0.25, 0.3) is 10.9 Å². The van der Waals surface area contributed by atoms with Crippen molar-refractivity contribution in [1.29, 1.82) is 0 Å². The number of fused-ring (bicyclic) bond motifs is 3. The Hall–Kier alpha value is -2.75. The number of anilines is 1. The maximum atomic E-state index is 13.3. The maximum Gasteiger partial charge on any atom is 0.433 e. The fraction of sp³-hybridized carbons (Fsp3) is 0.333. The number of H-pyrrole nitrogens is 1. The number of nitrogens with zero attached hydrogens (tertiary/aromatic N) is 3. The zero-order valence-electron chi connectivity index (χ0n) is 16.9. The topological polar surface area (TPSA) is 44.8 Å². The number of benzene rings is 1. The Kier molecular flexibility index (Phi) is 5.39. The van der Waals surface area contributed by atoms with Crippen LogP contribution in [0.3, 0.4) is 0 Å². The summed E-state index contributed by atoms with van der Waals surface area (Å²) in [6.45, 7) is 3.71. The van der Waals surface area contributed by atoms with Crippen LogP contribution in [-0.4, -0.2) is 21.5 Å². The summed E-state index contributed by atoms with van der Waals surface area (Å²) in [6.07, 6.45) is -7.99. The highest BCUT2D eigenvalue weighted by atomic mass is 35.5. The van der Waals surface area contributed by atoms with Crippen molar-refractivity contribution in [2.75, 3.05) is 11.4 Å². The summed E-state index contributed by atoms with van der Waals surface area (Å²) in [6, 6.07) is 4.51. The van der Waals surface area contributed by atoms with Crippen molar-refractivity contribution in [3.63, 3.8) is 0 Å². The number of aromatic amines is 1. The van der Waals surface area contributed by atoms with Crippen LogP contribution in [0.15, 0.2) is 35.9 Å². The minimum Gasteiger partial charge on any atom is -0.356 e. The number of nitrogens with one attached hydrogen (secondary N) is 1. The molecule has 0 fully saturated rings. The molecular weight excluding hydrogens is 458 g/mol. The molecule has 0 bridgehead atoms. The van der Waals surface area contributed by atoms with E-state index < -0.39 is 35.7 Å². The highest BCUT2D eigenvalue weighted by Crippen LogP contribution is 2.40. The molecule has 1 aromatic carbocycles. The third-order valence-electron chi connectivity index (χ3n) is 5.18. The Morgan fingerprint density at radius 3 is 2.25 bits per heavy atom. The Balaban J connectivity index is 1.90. The first-order valence-electron chi connectivity index (χ1n) is 9.59. The van der Waals surface area contributed by atoms with E-state index in [0.717, 1.165) is 22.0 Å². The first kappa shape index (κ1) is 22.4. The molecule has 2 aromatic heterocycles. The molecule has 1 aliphatic rings. The van der Waals surface area contributed by atoms with Gasteiger partial charge in [0.2, 0.25) is 5.95 Å². The van der Waals surface area contributed by atoms with Gasteiger partial charge in [0.25, 0.3) is 0 Å². The van der Waals surface area contributed by atoms with Gasteiger partial charge in [0.05, 0.1) is 6.04 Å². The number of halogens is 7. The van der Waals surface area contributed by atoms with Gasteiger partial charge in [-0.2, -0.15) is 26.3 Å². The third-order valence-corrected chi connectivity index (χ3v) is 5.41. The molecule has 0 spiro atoms. The van der Waals surface area contributed by atoms with Crippen LogP contribution in [0, 0.1) is 0 Å². The summed E-state index contributed by atoms with van der Waals surface area (Å²) in [5.74, 6) is -0.628. The lowest BCUT2D eigenvalue weighted by Gasteiger charge is -2.35. The second-order valence-corrected chi connectivity index (χ2v) is 8.21. The van der Waals surface area contributed by atoms with Crippen molar-refractivity contribution >= 4 is 28.5 Å². The molecule has 170 valence electrons. The van der Waals surface area contributed by atoms with Crippen molar-refractivity contribution in [3.05, 3.63) is 63.6 Å². The Bertz CT molecular complexity index is 1180. The van der Waals surface area contributed by atoms with E-state index in [0.29, 0.717) is 17.1 Å². The molecule has 0 saturated heterocycles. The number of hydrogen-bond acceptors (Lipinski definition) is 3. The van der Waals surface area contributed by atoms with Gasteiger partial charge in [0.1, 0.15) is 0 Å². The van der Waals surface area contributed by atoms with Crippen molar-refractivity contribution in [2.24, 2.45) is 0 Å². The van der Waals surface area contributed by atoms with E-state index >= 15 is 0 Å². The minimum atomic E-state index is -5.05. The Labute approximate surface area is 183 Å². The molecule has 0 amide bonds. The van der Waals surface area contributed by atoms with Gasteiger partial charge >= 0.3 is 12.4 Å². The van der Waals surface area contributed by atoms with Gasteiger partial charge in [-0.1, -0.05) is 23.3 Å². The number of aromatic nitrogens is 3. The molecule has 1 atom stereocenters. The van der Waals surface area contributed by atoms with Gasteiger partial charge in [0, 0.05) is 28.2 Å². The van der Waals surface area contributed by atoms with E-state index in [1.54, 1.807) is 38.1 Å². The Morgan fingerprint density at radius 1 is 1.06 bits per heavy atom. The molecule has 0 aliphatic carbocycles. The average molecular weight is 475 g/mol. The van der Waals surface area contributed by atoms with Gasteiger partial charge in [-0.15, -0.1) is 0 Å². The molecule has 1 N–H and O–H groups in total. The summed E-state index contributed by atoms with van der Waals surface area (Å²) in [5.41, 5.74) is -0.115. The number of rotatable bonds is 2. The molecular formula is C21H17ClF6N4. The van der Waals surface area contributed by atoms with Gasteiger partial charge in [-0.05, 0) is 50.1 Å². The molecule has 4 rings (SSSR count). The van der Waals surface area contributed by atoms with Gasteiger partial charge in [0.15, 0.2) is 11.4 Å². The van der Waals surface area contributed by atoms with E-state index in [9.17, 15) is 26.3 Å². The second kappa shape index (κ2) is 7.68. The van der Waals surface area contributed by atoms with Crippen LogP contribution in [0.1, 0.15) is 42.5 Å². The Morgan fingerprint density at radius 2 is 1.69 bits per heavy atom.